The Balaban J connectivity index is 2.86. The van der Waals surface area contributed by atoms with Crippen molar-refractivity contribution in [2.45, 2.75) is 0 Å². The van der Waals surface area contributed by atoms with E-state index in [9.17, 15) is 0 Å². The molecule has 3 N–H and O–H groups in total. The number of anilines is 1. The van der Waals surface area contributed by atoms with E-state index in [2.05, 4.69) is 26.3 Å². The molecule has 72 valence electrons. The minimum absolute atomic E-state index is 0.647. The van der Waals surface area contributed by atoms with Crippen molar-refractivity contribution >= 4 is 44.1 Å². The number of hydrogen-bond donors (Lipinski definition) is 2. The predicted octanol–water partition coefficient (Wildman–Crippen LogP) is 2.94. The van der Waals surface area contributed by atoms with Crippen LogP contribution in [-0.2, 0) is 0 Å². The Morgan fingerprint density at radius 1 is 1.43 bits per heavy atom. The van der Waals surface area contributed by atoms with Crippen LogP contribution in [0.15, 0.2) is 28.9 Å². The first-order valence-corrected chi connectivity index (χ1v) is 5.10. The van der Waals surface area contributed by atoms with Gasteiger partial charge >= 0.3 is 0 Å². The van der Waals surface area contributed by atoms with Gasteiger partial charge in [-0.3, -0.25) is 10.8 Å². The summed E-state index contributed by atoms with van der Waals surface area (Å²) in [5.74, 6) is 5.38. The summed E-state index contributed by atoms with van der Waals surface area (Å²) in [5, 5.41) is 1.54. The van der Waals surface area contributed by atoms with Crippen molar-refractivity contribution in [3.63, 3.8) is 0 Å². The smallest absolute Gasteiger partial charge is 0.0866 e. The normalized spacial score (nSPS) is 10.5. The van der Waals surface area contributed by atoms with E-state index in [1.165, 1.54) is 0 Å². The highest BCUT2D eigenvalue weighted by atomic mass is 79.9. The van der Waals surface area contributed by atoms with Crippen LogP contribution >= 0.6 is 27.5 Å². The van der Waals surface area contributed by atoms with E-state index in [0.717, 1.165) is 21.1 Å². The van der Waals surface area contributed by atoms with Gasteiger partial charge in [-0.05, 0) is 34.1 Å². The Labute approximate surface area is 94.4 Å². The van der Waals surface area contributed by atoms with Crippen LogP contribution in [0.1, 0.15) is 0 Å². The molecule has 0 aliphatic carbocycles. The van der Waals surface area contributed by atoms with E-state index >= 15 is 0 Å². The number of halogens is 2. The van der Waals surface area contributed by atoms with Gasteiger partial charge in [-0.2, -0.15) is 0 Å². The molecule has 3 nitrogen and oxygen atoms in total. The SMILES string of the molecule is NNc1ccnc2c(Br)cc(Cl)cc12. The number of nitrogens with two attached hydrogens (primary N) is 1. The van der Waals surface area contributed by atoms with Crippen molar-refractivity contribution < 1.29 is 0 Å². The molecular weight excluding hydrogens is 265 g/mol. The average molecular weight is 273 g/mol. The molecule has 0 unspecified atom stereocenters. The van der Waals surface area contributed by atoms with Crippen molar-refractivity contribution in [2.24, 2.45) is 5.84 Å². The first kappa shape index (κ1) is 9.71. The van der Waals surface area contributed by atoms with E-state index < -0.39 is 0 Å². The third kappa shape index (κ3) is 1.56. The van der Waals surface area contributed by atoms with Gasteiger partial charge in [0.25, 0.3) is 0 Å². The third-order valence-corrected chi connectivity index (χ3v) is 2.74. The van der Waals surface area contributed by atoms with Crippen LogP contribution in [0.5, 0.6) is 0 Å². The fourth-order valence-electron chi connectivity index (χ4n) is 1.30. The minimum Gasteiger partial charge on any atom is -0.323 e. The molecule has 0 atom stereocenters. The number of aromatic nitrogens is 1. The molecular formula is C9H7BrClN3. The Morgan fingerprint density at radius 3 is 2.93 bits per heavy atom. The summed E-state index contributed by atoms with van der Waals surface area (Å²) < 4.78 is 0.858. The summed E-state index contributed by atoms with van der Waals surface area (Å²) >= 11 is 9.32. The van der Waals surface area contributed by atoms with Crippen molar-refractivity contribution in [3.05, 3.63) is 33.9 Å². The highest BCUT2D eigenvalue weighted by molar-refractivity contribution is 9.10. The number of fused-ring (bicyclic) bond motifs is 1. The molecule has 14 heavy (non-hydrogen) atoms. The number of rotatable bonds is 1. The molecule has 0 spiro atoms. The summed E-state index contributed by atoms with van der Waals surface area (Å²) in [4.78, 5) is 4.23. The third-order valence-electron chi connectivity index (χ3n) is 1.92. The standard InChI is InChI=1S/C9H7BrClN3/c10-7-4-5(11)3-6-8(14-12)1-2-13-9(6)7/h1-4H,12H2,(H,13,14). The molecule has 0 fully saturated rings. The maximum Gasteiger partial charge on any atom is 0.0866 e. The van der Waals surface area contributed by atoms with E-state index in [1.54, 1.807) is 18.3 Å². The molecule has 0 radical (unpaired) electrons. The van der Waals surface area contributed by atoms with Crippen LogP contribution < -0.4 is 11.3 Å². The molecule has 0 saturated carbocycles. The number of hydrazine groups is 1. The van der Waals surface area contributed by atoms with Crippen molar-refractivity contribution in [3.8, 4) is 0 Å². The summed E-state index contributed by atoms with van der Waals surface area (Å²) in [6.07, 6.45) is 1.69. The van der Waals surface area contributed by atoms with Gasteiger partial charge in [-0.15, -0.1) is 0 Å². The van der Waals surface area contributed by atoms with Crippen molar-refractivity contribution in [1.29, 1.82) is 0 Å². The Kier molecular flexibility index (Phi) is 2.58. The van der Waals surface area contributed by atoms with E-state index in [1.807, 2.05) is 6.07 Å². The molecule has 0 aliphatic rings. The maximum atomic E-state index is 5.93. The van der Waals surface area contributed by atoms with Gasteiger partial charge < -0.3 is 5.43 Å². The number of nitrogen functional groups attached to an aromatic ring is 1. The summed E-state index contributed by atoms with van der Waals surface area (Å²) in [7, 11) is 0. The van der Waals surface area contributed by atoms with Gasteiger partial charge in [-0.25, -0.2) is 0 Å². The van der Waals surface area contributed by atoms with Crippen LogP contribution in [0.2, 0.25) is 5.02 Å². The molecule has 5 heteroatoms. The molecule has 2 rings (SSSR count). The van der Waals surface area contributed by atoms with E-state index in [4.69, 9.17) is 17.4 Å². The van der Waals surface area contributed by atoms with Gasteiger partial charge in [0.1, 0.15) is 0 Å². The van der Waals surface area contributed by atoms with Crippen LogP contribution in [0.25, 0.3) is 10.9 Å². The fourth-order valence-corrected chi connectivity index (χ4v) is 2.22. The zero-order valence-electron chi connectivity index (χ0n) is 7.09. The molecule has 0 saturated heterocycles. The summed E-state index contributed by atoms with van der Waals surface area (Å²) in [5.41, 5.74) is 4.25. The monoisotopic (exact) mass is 271 g/mol. The lowest BCUT2D eigenvalue weighted by Gasteiger charge is -2.06. The lowest BCUT2D eigenvalue weighted by molar-refractivity contribution is 1.33. The second-order valence-electron chi connectivity index (χ2n) is 2.79. The predicted molar refractivity (Wildman–Crippen MR) is 62.3 cm³/mol. The zero-order valence-corrected chi connectivity index (χ0v) is 9.43. The number of nitrogens with zero attached hydrogens (tertiary/aromatic N) is 1. The minimum atomic E-state index is 0.647. The largest absolute Gasteiger partial charge is 0.323 e. The number of nitrogens with one attached hydrogen (secondary N) is 1. The summed E-state index contributed by atoms with van der Waals surface area (Å²) in [6, 6.07) is 5.42. The van der Waals surface area contributed by atoms with Gasteiger partial charge in [0.2, 0.25) is 0 Å². The molecule has 0 aliphatic heterocycles. The highest BCUT2D eigenvalue weighted by Crippen LogP contribution is 2.30. The van der Waals surface area contributed by atoms with Crippen LogP contribution in [0, 0.1) is 0 Å². The second kappa shape index (κ2) is 3.73. The van der Waals surface area contributed by atoms with Gasteiger partial charge in [-0.1, -0.05) is 11.6 Å². The molecule has 1 aromatic carbocycles. The highest BCUT2D eigenvalue weighted by Gasteiger charge is 2.05. The summed E-state index contributed by atoms with van der Waals surface area (Å²) in [6.45, 7) is 0. The molecule has 1 heterocycles. The molecule has 1 aromatic heterocycles. The number of pyridine rings is 1. The molecule has 0 bridgehead atoms. The van der Waals surface area contributed by atoms with Crippen LogP contribution in [-0.4, -0.2) is 4.98 Å². The zero-order chi connectivity index (χ0) is 10.1. The fraction of sp³-hybridized carbons (Fsp3) is 0. The van der Waals surface area contributed by atoms with Crippen molar-refractivity contribution in [2.75, 3.05) is 5.43 Å². The topological polar surface area (TPSA) is 50.9 Å². The Hall–Kier alpha value is -0.840. The van der Waals surface area contributed by atoms with E-state index in [0.29, 0.717) is 5.02 Å². The number of hydrogen-bond acceptors (Lipinski definition) is 3. The molecule has 0 amide bonds. The van der Waals surface area contributed by atoms with Crippen molar-refractivity contribution in [1.82, 2.24) is 4.98 Å². The van der Waals surface area contributed by atoms with Gasteiger partial charge in [0, 0.05) is 21.1 Å². The first-order valence-electron chi connectivity index (χ1n) is 3.93. The number of benzene rings is 1. The second-order valence-corrected chi connectivity index (χ2v) is 4.08. The quantitative estimate of drug-likeness (QED) is 0.620. The lowest BCUT2D eigenvalue weighted by atomic mass is 10.2. The first-order chi connectivity index (χ1) is 6.72. The van der Waals surface area contributed by atoms with Gasteiger partial charge in [0.05, 0.1) is 11.2 Å². The molecule has 2 aromatic rings. The Morgan fingerprint density at radius 2 is 2.21 bits per heavy atom. The van der Waals surface area contributed by atoms with Gasteiger partial charge in [0.15, 0.2) is 0 Å². The lowest BCUT2D eigenvalue weighted by Crippen LogP contribution is -2.07. The van der Waals surface area contributed by atoms with E-state index in [-0.39, 0.29) is 0 Å². The Bertz CT molecular complexity index is 487. The maximum absolute atomic E-state index is 5.93. The average Bonchev–Trinajstić information content (AvgIpc) is 2.17. The van der Waals surface area contributed by atoms with Crippen LogP contribution in [0.3, 0.4) is 0 Å². The van der Waals surface area contributed by atoms with Crippen LogP contribution in [0.4, 0.5) is 5.69 Å².